The van der Waals surface area contributed by atoms with E-state index in [4.69, 9.17) is 8.33 Å². The molecule has 1 aromatic carbocycles. The number of benzene rings is 1. The Kier molecular flexibility index (Phi) is 6.04. The lowest BCUT2D eigenvalue weighted by Gasteiger charge is -2.37. The van der Waals surface area contributed by atoms with Crippen molar-refractivity contribution in [3.05, 3.63) is 29.8 Å². The zero-order chi connectivity index (χ0) is 14.4. The van der Waals surface area contributed by atoms with E-state index < -0.39 is 6.10 Å². The molecular formula is C14H18IN3O2. The van der Waals surface area contributed by atoms with Crippen LogP contribution in [0.15, 0.2) is 24.3 Å². The molecule has 1 heterocycles. The molecule has 2 rings (SSSR count). The maximum atomic E-state index is 9.74. The Hall–Kier alpha value is -0.880. The van der Waals surface area contributed by atoms with Crippen LogP contribution < -0.4 is 4.90 Å². The van der Waals surface area contributed by atoms with Gasteiger partial charge in [0.1, 0.15) is 29.1 Å². The first-order valence-corrected chi connectivity index (χ1v) is 7.50. The second kappa shape index (κ2) is 7.78. The van der Waals surface area contributed by atoms with Crippen LogP contribution in [0.5, 0.6) is 0 Å². The molecular weight excluding hydrogens is 369 g/mol. The number of hydrogen-bond acceptors (Lipinski definition) is 5. The zero-order valence-electron chi connectivity index (χ0n) is 11.2. The third kappa shape index (κ3) is 4.06. The molecule has 1 aromatic rings. The lowest BCUT2D eigenvalue weighted by atomic mass is 10.1. The Morgan fingerprint density at radius 2 is 2.00 bits per heavy atom. The highest BCUT2D eigenvalue weighted by Gasteiger charge is 2.20. The number of aliphatic hydroxyl groups is 1. The molecule has 0 aliphatic carbocycles. The summed E-state index contributed by atoms with van der Waals surface area (Å²) in [5.41, 5.74) is 1.73. The van der Waals surface area contributed by atoms with Crippen LogP contribution in [0.1, 0.15) is 5.56 Å². The first kappa shape index (κ1) is 15.5. The average Bonchev–Trinajstić information content (AvgIpc) is 2.48. The normalized spacial score (nSPS) is 17.8. The minimum Gasteiger partial charge on any atom is -0.389 e. The van der Waals surface area contributed by atoms with Gasteiger partial charge in [0.15, 0.2) is 0 Å². The molecule has 6 heteroatoms. The number of hydrogen-bond donors (Lipinski definition) is 1. The van der Waals surface area contributed by atoms with Crippen molar-refractivity contribution < 1.29 is 8.17 Å². The molecule has 1 unspecified atom stereocenters. The molecule has 0 saturated carbocycles. The summed E-state index contributed by atoms with van der Waals surface area (Å²) in [6, 6.07) is 9.93. The minimum absolute atomic E-state index is 0.359. The van der Waals surface area contributed by atoms with Gasteiger partial charge in [0.2, 0.25) is 0 Å². The van der Waals surface area contributed by atoms with Gasteiger partial charge in [-0.15, -0.1) is 0 Å². The summed E-state index contributed by atoms with van der Waals surface area (Å²) in [5, 5.41) is 18.9. The SMILES string of the molecule is N#Cc1ccccc1N1CCN(CC(O)COI)CC1. The number of aliphatic hydroxyl groups excluding tert-OH is 1. The van der Waals surface area contributed by atoms with Crippen LogP contribution >= 0.6 is 23.0 Å². The van der Waals surface area contributed by atoms with Gasteiger partial charge in [0.25, 0.3) is 0 Å². The van der Waals surface area contributed by atoms with E-state index in [9.17, 15) is 5.11 Å². The fourth-order valence-electron chi connectivity index (χ4n) is 2.44. The molecule has 1 fully saturated rings. The largest absolute Gasteiger partial charge is 0.389 e. The summed E-state index contributed by atoms with van der Waals surface area (Å²) < 4.78 is 4.91. The third-order valence-electron chi connectivity index (χ3n) is 3.46. The van der Waals surface area contributed by atoms with Crippen LogP contribution in [0.25, 0.3) is 0 Å². The quantitative estimate of drug-likeness (QED) is 0.775. The van der Waals surface area contributed by atoms with Crippen molar-refractivity contribution in [2.75, 3.05) is 44.2 Å². The first-order valence-electron chi connectivity index (χ1n) is 6.62. The van der Waals surface area contributed by atoms with Crippen molar-refractivity contribution in [2.45, 2.75) is 6.10 Å². The van der Waals surface area contributed by atoms with Gasteiger partial charge >= 0.3 is 0 Å². The molecule has 20 heavy (non-hydrogen) atoms. The highest BCUT2D eigenvalue weighted by Crippen LogP contribution is 2.21. The average molecular weight is 387 g/mol. The summed E-state index contributed by atoms with van der Waals surface area (Å²) >= 11 is 1.80. The van der Waals surface area contributed by atoms with Crippen LogP contribution in [-0.2, 0) is 3.07 Å². The molecule has 1 atom stereocenters. The van der Waals surface area contributed by atoms with Crippen molar-refractivity contribution in [1.82, 2.24) is 4.90 Å². The van der Waals surface area contributed by atoms with Gasteiger partial charge in [-0.3, -0.25) is 4.90 Å². The number of β-amino-alcohol motifs (C(OH)–C–C–N with tert-alkyl or cyclic N) is 1. The Balaban J connectivity index is 1.90. The van der Waals surface area contributed by atoms with Crippen LogP contribution in [0.4, 0.5) is 5.69 Å². The van der Waals surface area contributed by atoms with E-state index in [0.717, 1.165) is 37.4 Å². The summed E-state index contributed by atoms with van der Waals surface area (Å²) in [6.45, 7) is 4.51. The third-order valence-corrected chi connectivity index (χ3v) is 3.82. The summed E-state index contributed by atoms with van der Waals surface area (Å²) in [6.07, 6.45) is -0.440. The Labute approximate surface area is 133 Å². The van der Waals surface area contributed by atoms with Crippen molar-refractivity contribution in [2.24, 2.45) is 0 Å². The number of halogens is 1. The molecule has 0 amide bonds. The van der Waals surface area contributed by atoms with Crippen molar-refractivity contribution in [3.8, 4) is 6.07 Å². The molecule has 0 aromatic heterocycles. The number of rotatable bonds is 5. The molecule has 1 aliphatic rings. The number of piperazine rings is 1. The van der Waals surface area contributed by atoms with Gasteiger partial charge in [-0.1, -0.05) is 12.1 Å². The van der Waals surface area contributed by atoms with E-state index in [1.54, 1.807) is 23.0 Å². The number of nitrogens with zero attached hydrogens (tertiary/aromatic N) is 3. The Morgan fingerprint density at radius 1 is 1.30 bits per heavy atom. The van der Waals surface area contributed by atoms with E-state index >= 15 is 0 Å². The molecule has 0 bridgehead atoms. The summed E-state index contributed by atoms with van der Waals surface area (Å²) in [4.78, 5) is 4.46. The van der Waals surface area contributed by atoms with Crippen molar-refractivity contribution >= 4 is 28.7 Å². The van der Waals surface area contributed by atoms with Crippen molar-refractivity contribution in [3.63, 3.8) is 0 Å². The van der Waals surface area contributed by atoms with Gasteiger partial charge in [-0.05, 0) is 12.1 Å². The number of anilines is 1. The van der Waals surface area contributed by atoms with Gasteiger partial charge in [-0.2, -0.15) is 5.26 Å². The monoisotopic (exact) mass is 387 g/mol. The molecule has 1 N–H and O–H groups in total. The maximum Gasteiger partial charge on any atom is 0.109 e. The number of para-hydroxylation sites is 1. The Bertz CT molecular complexity index is 470. The standard InChI is InChI=1S/C14H18IN3O2/c15-20-11-13(19)10-17-5-7-18(8-6-17)14-4-2-1-3-12(14)9-16/h1-4,13,19H,5-8,10-11H2. The molecule has 108 valence electrons. The molecule has 1 aliphatic heterocycles. The Morgan fingerprint density at radius 3 is 2.65 bits per heavy atom. The first-order chi connectivity index (χ1) is 9.74. The fourth-order valence-corrected chi connectivity index (χ4v) is 2.85. The second-order valence-corrected chi connectivity index (χ2v) is 5.47. The van der Waals surface area contributed by atoms with E-state index in [-0.39, 0.29) is 0 Å². The topological polar surface area (TPSA) is 59.7 Å². The minimum atomic E-state index is -0.440. The maximum absolute atomic E-state index is 9.74. The molecule has 1 saturated heterocycles. The lowest BCUT2D eigenvalue weighted by Crippen LogP contribution is -2.49. The van der Waals surface area contributed by atoms with E-state index in [1.807, 2.05) is 24.3 Å². The predicted octanol–water partition coefficient (Wildman–Crippen LogP) is 1.41. The van der Waals surface area contributed by atoms with Crippen LogP contribution in [0, 0.1) is 11.3 Å². The van der Waals surface area contributed by atoms with Crippen LogP contribution in [-0.4, -0.2) is 55.4 Å². The van der Waals surface area contributed by atoms with Crippen LogP contribution in [0.2, 0.25) is 0 Å². The summed E-state index contributed by atoms with van der Waals surface area (Å²) in [7, 11) is 0. The van der Waals surface area contributed by atoms with Crippen molar-refractivity contribution in [1.29, 1.82) is 5.26 Å². The zero-order valence-corrected chi connectivity index (χ0v) is 13.4. The molecule has 0 spiro atoms. The van der Waals surface area contributed by atoms with Gasteiger partial charge in [0.05, 0.1) is 24.0 Å². The molecule has 0 radical (unpaired) electrons. The number of nitriles is 1. The fraction of sp³-hybridized carbons (Fsp3) is 0.500. The van der Waals surface area contributed by atoms with E-state index in [0.29, 0.717) is 13.2 Å². The predicted molar refractivity (Wildman–Crippen MR) is 85.8 cm³/mol. The summed E-state index contributed by atoms with van der Waals surface area (Å²) in [5.74, 6) is 0. The smallest absolute Gasteiger partial charge is 0.109 e. The van der Waals surface area contributed by atoms with E-state index in [1.165, 1.54) is 0 Å². The molecule has 5 nitrogen and oxygen atoms in total. The van der Waals surface area contributed by atoms with Gasteiger partial charge in [0, 0.05) is 32.7 Å². The second-order valence-electron chi connectivity index (χ2n) is 4.85. The lowest BCUT2D eigenvalue weighted by molar-refractivity contribution is 0.0800. The van der Waals surface area contributed by atoms with Gasteiger partial charge < -0.3 is 13.1 Å². The van der Waals surface area contributed by atoms with E-state index in [2.05, 4.69) is 15.9 Å². The highest BCUT2D eigenvalue weighted by atomic mass is 127. The van der Waals surface area contributed by atoms with Crippen LogP contribution in [0.3, 0.4) is 0 Å². The van der Waals surface area contributed by atoms with Gasteiger partial charge in [-0.25, -0.2) is 0 Å². The highest BCUT2D eigenvalue weighted by molar-refractivity contribution is 14.1.